The molecular formula is C31H28FNOS. The van der Waals surface area contributed by atoms with E-state index in [0.717, 1.165) is 26.5 Å². The van der Waals surface area contributed by atoms with Gasteiger partial charge in [0, 0.05) is 20.9 Å². The van der Waals surface area contributed by atoms with Crippen LogP contribution in [-0.2, 0) is 0 Å². The van der Waals surface area contributed by atoms with Gasteiger partial charge in [-0.2, -0.15) is 0 Å². The number of benzene rings is 3. The van der Waals surface area contributed by atoms with E-state index in [4.69, 9.17) is 0 Å². The standard InChI is InChI=1S/C31H28FNOS/c1-21-20-25(31(34)33-23(3)24-12-6-4-7-13-24)18-19-29(21)35-30-17-9-5-8-15-27(30)22(2)26-14-10-11-16-28(26)32/h4-14,16-20,23H,2,15H2,1,3H3,(H,33,34). The van der Waals surface area contributed by atoms with Gasteiger partial charge in [0.1, 0.15) is 5.82 Å². The summed E-state index contributed by atoms with van der Waals surface area (Å²) in [6, 6.07) is 22.3. The SMILES string of the molecule is C=C(C1=C(Sc2ccc(C(=O)NC(C)c3ccccc3)cc2C)C=CC=CC1)c1ccccc1F. The fraction of sp³-hybridized carbons (Fsp3) is 0.129. The molecule has 1 atom stereocenters. The lowest BCUT2D eigenvalue weighted by molar-refractivity contribution is 0.0939. The smallest absolute Gasteiger partial charge is 0.251 e. The van der Waals surface area contributed by atoms with Crippen LogP contribution in [0, 0.1) is 12.7 Å². The van der Waals surface area contributed by atoms with Crippen molar-refractivity contribution in [3.05, 3.63) is 142 Å². The molecule has 0 fully saturated rings. The van der Waals surface area contributed by atoms with E-state index in [0.29, 0.717) is 23.1 Å². The van der Waals surface area contributed by atoms with Crippen molar-refractivity contribution in [3.63, 3.8) is 0 Å². The number of nitrogens with one attached hydrogen (secondary N) is 1. The second-order valence-corrected chi connectivity index (χ2v) is 9.56. The Kier molecular flexibility index (Phi) is 7.84. The average molecular weight is 482 g/mol. The summed E-state index contributed by atoms with van der Waals surface area (Å²) in [6.07, 6.45) is 8.75. The zero-order chi connectivity index (χ0) is 24.8. The number of rotatable bonds is 7. The number of thioether (sulfide) groups is 1. The van der Waals surface area contributed by atoms with Gasteiger partial charge in [0.2, 0.25) is 0 Å². The van der Waals surface area contributed by atoms with Crippen LogP contribution in [0.3, 0.4) is 0 Å². The quantitative estimate of drug-likeness (QED) is 0.368. The number of carbonyl (C=O) groups is 1. The van der Waals surface area contributed by atoms with Gasteiger partial charge in [-0.15, -0.1) is 0 Å². The predicted molar refractivity (Wildman–Crippen MR) is 145 cm³/mol. The highest BCUT2D eigenvalue weighted by molar-refractivity contribution is 8.03. The third-order valence-electron chi connectivity index (χ3n) is 5.98. The Morgan fingerprint density at radius 3 is 2.51 bits per heavy atom. The van der Waals surface area contributed by atoms with Crippen LogP contribution in [0.4, 0.5) is 4.39 Å². The van der Waals surface area contributed by atoms with E-state index in [-0.39, 0.29) is 17.8 Å². The Morgan fingerprint density at radius 1 is 1.03 bits per heavy atom. The van der Waals surface area contributed by atoms with Gasteiger partial charge in [-0.05, 0) is 72.9 Å². The molecule has 1 aliphatic carbocycles. The fourth-order valence-corrected chi connectivity index (χ4v) is 5.04. The Labute approximate surface area is 211 Å². The highest BCUT2D eigenvalue weighted by Gasteiger charge is 2.17. The van der Waals surface area contributed by atoms with Crippen LogP contribution in [0.15, 0.2) is 119 Å². The molecule has 1 aliphatic rings. The molecule has 0 saturated heterocycles. The van der Waals surface area contributed by atoms with Crippen molar-refractivity contribution in [1.82, 2.24) is 5.32 Å². The molecular weight excluding hydrogens is 453 g/mol. The maximum Gasteiger partial charge on any atom is 0.251 e. The molecule has 2 nitrogen and oxygen atoms in total. The van der Waals surface area contributed by atoms with Crippen molar-refractivity contribution in [3.8, 4) is 0 Å². The minimum absolute atomic E-state index is 0.0845. The van der Waals surface area contributed by atoms with Crippen molar-refractivity contribution < 1.29 is 9.18 Å². The summed E-state index contributed by atoms with van der Waals surface area (Å²) in [5, 5.41) is 3.07. The highest BCUT2D eigenvalue weighted by atomic mass is 32.2. The number of hydrogen-bond donors (Lipinski definition) is 1. The van der Waals surface area contributed by atoms with Gasteiger partial charge in [-0.1, -0.05) is 85.1 Å². The Morgan fingerprint density at radius 2 is 1.77 bits per heavy atom. The first-order chi connectivity index (χ1) is 16.9. The number of carbonyl (C=O) groups excluding carboxylic acids is 1. The highest BCUT2D eigenvalue weighted by Crippen LogP contribution is 2.39. The van der Waals surface area contributed by atoms with Crippen molar-refractivity contribution in [2.75, 3.05) is 0 Å². The molecule has 0 heterocycles. The summed E-state index contributed by atoms with van der Waals surface area (Å²) in [6.45, 7) is 8.21. The number of allylic oxidation sites excluding steroid dienone is 6. The summed E-state index contributed by atoms with van der Waals surface area (Å²) in [5.41, 5.74) is 4.88. The van der Waals surface area contributed by atoms with Crippen molar-refractivity contribution in [2.45, 2.75) is 31.2 Å². The topological polar surface area (TPSA) is 29.1 Å². The fourth-order valence-electron chi connectivity index (χ4n) is 3.97. The van der Waals surface area contributed by atoms with E-state index < -0.39 is 0 Å². The number of hydrogen-bond acceptors (Lipinski definition) is 2. The Hall–Kier alpha value is -3.63. The van der Waals surface area contributed by atoms with E-state index in [2.05, 4.69) is 18.0 Å². The first-order valence-corrected chi connectivity index (χ1v) is 12.4. The molecule has 0 spiro atoms. The molecule has 1 amide bonds. The molecule has 0 aromatic heterocycles. The normalized spacial score (nSPS) is 13.9. The molecule has 0 aliphatic heterocycles. The summed E-state index contributed by atoms with van der Waals surface area (Å²) < 4.78 is 14.5. The monoisotopic (exact) mass is 481 g/mol. The van der Waals surface area contributed by atoms with E-state index in [1.807, 2.05) is 86.7 Å². The van der Waals surface area contributed by atoms with E-state index in [1.165, 1.54) is 6.07 Å². The molecule has 4 heteroatoms. The number of aryl methyl sites for hydroxylation is 1. The molecule has 0 bridgehead atoms. The molecule has 0 radical (unpaired) electrons. The minimum Gasteiger partial charge on any atom is -0.346 e. The molecule has 1 N–H and O–H groups in total. The molecule has 176 valence electrons. The summed E-state index contributed by atoms with van der Waals surface area (Å²) in [7, 11) is 0. The molecule has 4 rings (SSSR count). The van der Waals surface area contributed by atoms with Crippen LogP contribution >= 0.6 is 11.8 Å². The molecule has 35 heavy (non-hydrogen) atoms. The van der Waals surface area contributed by atoms with Gasteiger partial charge in [0.25, 0.3) is 5.91 Å². The van der Waals surface area contributed by atoms with Crippen LogP contribution < -0.4 is 5.32 Å². The first-order valence-electron chi connectivity index (χ1n) is 11.6. The van der Waals surface area contributed by atoms with Crippen LogP contribution in [0.2, 0.25) is 0 Å². The van der Waals surface area contributed by atoms with Crippen molar-refractivity contribution >= 4 is 23.2 Å². The maximum absolute atomic E-state index is 14.5. The molecule has 3 aromatic rings. The zero-order valence-corrected chi connectivity index (χ0v) is 20.7. The van der Waals surface area contributed by atoms with Gasteiger partial charge >= 0.3 is 0 Å². The van der Waals surface area contributed by atoms with Crippen molar-refractivity contribution in [2.24, 2.45) is 0 Å². The van der Waals surface area contributed by atoms with Crippen LogP contribution in [0.1, 0.15) is 46.4 Å². The van der Waals surface area contributed by atoms with E-state index >= 15 is 0 Å². The lowest BCUT2D eigenvalue weighted by atomic mass is 9.96. The van der Waals surface area contributed by atoms with E-state index in [1.54, 1.807) is 23.9 Å². The Bertz CT molecular complexity index is 1340. The number of amides is 1. The lowest BCUT2D eigenvalue weighted by Crippen LogP contribution is -2.26. The summed E-state index contributed by atoms with van der Waals surface area (Å²) in [4.78, 5) is 14.9. The van der Waals surface area contributed by atoms with Gasteiger partial charge in [-0.3, -0.25) is 4.79 Å². The minimum atomic E-state index is -0.275. The third kappa shape index (κ3) is 5.90. The van der Waals surface area contributed by atoms with Gasteiger partial charge in [0.15, 0.2) is 0 Å². The van der Waals surface area contributed by atoms with Crippen LogP contribution in [0.25, 0.3) is 5.57 Å². The van der Waals surface area contributed by atoms with E-state index in [9.17, 15) is 9.18 Å². The largest absolute Gasteiger partial charge is 0.346 e. The van der Waals surface area contributed by atoms with Gasteiger partial charge in [0.05, 0.1) is 6.04 Å². The average Bonchev–Trinajstić information content (AvgIpc) is 3.11. The molecule has 0 saturated carbocycles. The lowest BCUT2D eigenvalue weighted by Gasteiger charge is -2.17. The van der Waals surface area contributed by atoms with Crippen LogP contribution in [0.5, 0.6) is 0 Å². The third-order valence-corrected chi connectivity index (χ3v) is 7.26. The molecule has 3 aromatic carbocycles. The van der Waals surface area contributed by atoms with Crippen LogP contribution in [-0.4, -0.2) is 5.91 Å². The van der Waals surface area contributed by atoms with Gasteiger partial charge in [-0.25, -0.2) is 4.39 Å². The van der Waals surface area contributed by atoms with Gasteiger partial charge < -0.3 is 5.32 Å². The number of halogens is 1. The second-order valence-electron chi connectivity index (χ2n) is 8.48. The van der Waals surface area contributed by atoms with Crippen molar-refractivity contribution in [1.29, 1.82) is 0 Å². The Balaban J connectivity index is 1.56. The predicted octanol–water partition coefficient (Wildman–Crippen LogP) is 8.20. The second kappa shape index (κ2) is 11.2. The molecule has 1 unspecified atom stereocenters. The summed E-state index contributed by atoms with van der Waals surface area (Å²) >= 11 is 1.61. The zero-order valence-electron chi connectivity index (χ0n) is 19.9. The first kappa shape index (κ1) is 24.5. The summed E-state index contributed by atoms with van der Waals surface area (Å²) in [5.74, 6) is -0.379. The maximum atomic E-state index is 14.5.